The van der Waals surface area contributed by atoms with Crippen molar-refractivity contribution in [3.63, 3.8) is 0 Å². The predicted molar refractivity (Wildman–Crippen MR) is 101 cm³/mol. The zero-order chi connectivity index (χ0) is 17.3. The first-order valence-corrected chi connectivity index (χ1v) is 9.03. The van der Waals surface area contributed by atoms with Crippen molar-refractivity contribution >= 4 is 23.3 Å². The summed E-state index contributed by atoms with van der Waals surface area (Å²) >= 11 is 1.52. The lowest BCUT2D eigenvalue weighted by Crippen LogP contribution is -2.31. The minimum Gasteiger partial charge on any atom is -0.334 e. The van der Waals surface area contributed by atoms with Crippen LogP contribution >= 0.6 is 11.3 Å². The standard InChI is InChI=1S/C20H19N3OS/c24-20(7-6-19-15-25-16-22-19)23(14-18-8-11-21-12-9-18)13-10-17-4-2-1-3-5-17/h1-9,11-12,15-16H,10,13-14H2/b7-6+. The van der Waals surface area contributed by atoms with Crippen LogP contribution in [0.2, 0.25) is 0 Å². The molecule has 3 rings (SSSR count). The molecular formula is C20H19N3OS. The number of carbonyl (C=O) groups excluding carboxylic acids is 1. The molecular weight excluding hydrogens is 330 g/mol. The second kappa shape index (κ2) is 8.89. The first kappa shape index (κ1) is 17.0. The number of hydrogen-bond donors (Lipinski definition) is 0. The molecule has 0 N–H and O–H groups in total. The molecule has 0 bridgehead atoms. The molecule has 0 aliphatic carbocycles. The average molecular weight is 349 g/mol. The normalized spacial score (nSPS) is 10.9. The molecule has 4 nitrogen and oxygen atoms in total. The summed E-state index contributed by atoms with van der Waals surface area (Å²) in [5.41, 5.74) is 4.86. The Bertz CT molecular complexity index is 801. The highest BCUT2D eigenvalue weighted by Crippen LogP contribution is 2.09. The minimum atomic E-state index is -0.0132. The van der Waals surface area contributed by atoms with Gasteiger partial charge in [0.15, 0.2) is 0 Å². The van der Waals surface area contributed by atoms with Crippen molar-refractivity contribution in [2.45, 2.75) is 13.0 Å². The molecule has 126 valence electrons. The number of amides is 1. The first-order chi connectivity index (χ1) is 12.3. The molecule has 0 atom stereocenters. The van der Waals surface area contributed by atoms with Crippen LogP contribution in [0.3, 0.4) is 0 Å². The molecule has 0 unspecified atom stereocenters. The summed E-state index contributed by atoms with van der Waals surface area (Å²) in [5, 5.41) is 1.92. The number of nitrogens with zero attached hydrogens (tertiary/aromatic N) is 3. The molecule has 0 fully saturated rings. The second-order valence-corrected chi connectivity index (χ2v) is 6.32. The monoisotopic (exact) mass is 349 g/mol. The molecule has 1 amide bonds. The molecule has 0 spiro atoms. The third-order valence-corrected chi connectivity index (χ3v) is 4.40. The van der Waals surface area contributed by atoms with E-state index in [1.807, 2.05) is 40.6 Å². The maximum absolute atomic E-state index is 12.7. The largest absolute Gasteiger partial charge is 0.334 e. The van der Waals surface area contributed by atoms with Gasteiger partial charge in [-0.05, 0) is 35.8 Å². The lowest BCUT2D eigenvalue weighted by molar-refractivity contribution is -0.126. The maximum atomic E-state index is 12.7. The Hall–Kier alpha value is -2.79. The van der Waals surface area contributed by atoms with Gasteiger partial charge < -0.3 is 4.90 Å². The molecule has 2 heterocycles. The third-order valence-electron chi connectivity index (χ3n) is 3.80. The fraction of sp³-hybridized carbons (Fsp3) is 0.150. The van der Waals surface area contributed by atoms with Crippen LogP contribution in [0, 0.1) is 0 Å². The number of carbonyl (C=O) groups is 1. The summed E-state index contributed by atoms with van der Waals surface area (Å²) in [6, 6.07) is 14.1. The van der Waals surface area contributed by atoms with E-state index >= 15 is 0 Å². The van der Waals surface area contributed by atoms with Gasteiger partial charge in [-0.15, -0.1) is 11.3 Å². The second-order valence-electron chi connectivity index (χ2n) is 5.60. The minimum absolute atomic E-state index is 0.0132. The number of benzene rings is 1. The third kappa shape index (κ3) is 5.36. The first-order valence-electron chi connectivity index (χ1n) is 8.09. The molecule has 0 saturated heterocycles. The van der Waals surface area contributed by atoms with Crippen molar-refractivity contribution in [2.24, 2.45) is 0 Å². The van der Waals surface area contributed by atoms with Crippen LogP contribution in [0.4, 0.5) is 0 Å². The van der Waals surface area contributed by atoms with Gasteiger partial charge in [0.1, 0.15) is 0 Å². The van der Waals surface area contributed by atoms with E-state index in [-0.39, 0.29) is 5.91 Å². The zero-order valence-corrected chi connectivity index (χ0v) is 14.6. The SMILES string of the molecule is O=C(/C=C/c1cscn1)N(CCc1ccccc1)Cc1ccncc1. The molecule has 0 aliphatic heterocycles. The van der Waals surface area contributed by atoms with Crippen LogP contribution in [0.15, 0.2) is 71.8 Å². The number of thiazole rings is 1. The lowest BCUT2D eigenvalue weighted by atomic mass is 10.1. The summed E-state index contributed by atoms with van der Waals surface area (Å²) in [4.78, 5) is 22.7. The Labute approximate surface area is 151 Å². The van der Waals surface area contributed by atoms with E-state index < -0.39 is 0 Å². The van der Waals surface area contributed by atoms with Crippen molar-refractivity contribution in [1.29, 1.82) is 0 Å². The van der Waals surface area contributed by atoms with Crippen LogP contribution in [-0.2, 0) is 17.8 Å². The highest BCUT2D eigenvalue weighted by atomic mass is 32.1. The summed E-state index contributed by atoms with van der Waals surface area (Å²) in [6.45, 7) is 1.22. The molecule has 3 aromatic rings. The fourth-order valence-corrected chi connectivity index (χ4v) is 2.97. The van der Waals surface area contributed by atoms with Gasteiger partial charge >= 0.3 is 0 Å². The summed E-state index contributed by atoms with van der Waals surface area (Å²) in [7, 11) is 0. The quantitative estimate of drug-likeness (QED) is 0.609. The van der Waals surface area contributed by atoms with Crippen LogP contribution in [0.5, 0.6) is 0 Å². The highest BCUT2D eigenvalue weighted by Gasteiger charge is 2.11. The van der Waals surface area contributed by atoms with Gasteiger partial charge in [0.25, 0.3) is 0 Å². The summed E-state index contributed by atoms with van der Waals surface area (Å²) in [5.74, 6) is -0.0132. The average Bonchev–Trinajstić information content (AvgIpc) is 3.18. The predicted octanol–water partition coefficient (Wildman–Crippen LogP) is 3.82. The number of aromatic nitrogens is 2. The van der Waals surface area contributed by atoms with Crippen molar-refractivity contribution in [2.75, 3.05) is 6.54 Å². The molecule has 25 heavy (non-hydrogen) atoms. The Kier molecular flexibility index (Phi) is 6.06. The zero-order valence-electron chi connectivity index (χ0n) is 13.8. The number of rotatable bonds is 7. The fourth-order valence-electron chi connectivity index (χ4n) is 2.45. The van der Waals surface area contributed by atoms with E-state index in [0.29, 0.717) is 13.1 Å². The molecule has 5 heteroatoms. The van der Waals surface area contributed by atoms with Crippen LogP contribution in [0.25, 0.3) is 6.08 Å². The van der Waals surface area contributed by atoms with E-state index in [4.69, 9.17) is 0 Å². The maximum Gasteiger partial charge on any atom is 0.246 e. The van der Waals surface area contributed by atoms with E-state index in [0.717, 1.165) is 17.7 Å². The van der Waals surface area contributed by atoms with Gasteiger partial charge in [0.2, 0.25) is 5.91 Å². The van der Waals surface area contributed by atoms with Crippen LogP contribution < -0.4 is 0 Å². The number of pyridine rings is 1. The Morgan fingerprint density at radius 1 is 1.08 bits per heavy atom. The van der Waals surface area contributed by atoms with Crippen molar-refractivity contribution in [3.05, 3.63) is 88.6 Å². The Balaban J connectivity index is 1.69. The van der Waals surface area contributed by atoms with E-state index in [1.54, 1.807) is 30.1 Å². The molecule has 0 aliphatic rings. The van der Waals surface area contributed by atoms with E-state index in [9.17, 15) is 4.79 Å². The van der Waals surface area contributed by atoms with Crippen molar-refractivity contribution < 1.29 is 4.79 Å². The topological polar surface area (TPSA) is 46.1 Å². The Morgan fingerprint density at radius 2 is 1.88 bits per heavy atom. The highest BCUT2D eigenvalue weighted by molar-refractivity contribution is 7.07. The summed E-state index contributed by atoms with van der Waals surface area (Å²) in [6.07, 6.45) is 7.69. The van der Waals surface area contributed by atoms with Crippen LogP contribution in [-0.4, -0.2) is 27.3 Å². The van der Waals surface area contributed by atoms with Gasteiger partial charge in [0, 0.05) is 36.9 Å². The van der Waals surface area contributed by atoms with E-state index in [2.05, 4.69) is 22.1 Å². The molecule has 0 radical (unpaired) electrons. The van der Waals surface area contributed by atoms with Crippen molar-refractivity contribution in [3.8, 4) is 0 Å². The molecule has 0 saturated carbocycles. The van der Waals surface area contributed by atoms with Gasteiger partial charge in [-0.3, -0.25) is 9.78 Å². The van der Waals surface area contributed by atoms with Gasteiger partial charge in [0.05, 0.1) is 11.2 Å². The lowest BCUT2D eigenvalue weighted by Gasteiger charge is -2.21. The Morgan fingerprint density at radius 3 is 2.60 bits per heavy atom. The molecule has 2 aromatic heterocycles. The van der Waals surface area contributed by atoms with Gasteiger partial charge in [-0.2, -0.15) is 0 Å². The molecule has 1 aromatic carbocycles. The van der Waals surface area contributed by atoms with E-state index in [1.165, 1.54) is 16.9 Å². The van der Waals surface area contributed by atoms with Gasteiger partial charge in [-0.1, -0.05) is 30.3 Å². The van der Waals surface area contributed by atoms with Crippen LogP contribution in [0.1, 0.15) is 16.8 Å². The summed E-state index contributed by atoms with van der Waals surface area (Å²) < 4.78 is 0. The van der Waals surface area contributed by atoms with Crippen molar-refractivity contribution in [1.82, 2.24) is 14.9 Å². The van der Waals surface area contributed by atoms with Gasteiger partial charge in [-0.25, -0.2) is 4.98 Å². The number of hydrogen-bond acceptors (Lipinski definition) is 4. The smallest absolute Gasteiger partial charge is 0.246 e.